The maximum atomic E-state index is 11.3. The highest BCUT2D eigenvalue weighted by Gasteiger charge is 2.38. The first-order chi connectivity index (χ1) is 9.43. The van der Waals surface area contributed by atoms with E-state index in [-0.39, 0.29) is 17.4 Å². The van der Waals surface area contributed by atoms with Crippen LogP contribution in [-0.4, -0.2) is 30.4 Å². The Balaban J connectivity index is 2.11. The lowest BCUT2D eigenvalue weighted by molar-refractivity contribution is -0.123. The maximum absolute atomic E-state index is 11.3. The van der Waals surface area contributed by atoms with Crippen LogP contribution in [0.2, 0.25) is 5.02 Å². The maximum Gasteiger partial charge on any atom is 0.220 e. The van der Waals surface area contributed by atoms with Gasteiger partial charge in [-0.1, -0.05) is 23.7 Å². The first kappa shape index (κ1) is 15.3. The van der Waals surface area contributed by atoms with Crippen molar-refractivity contribution in [2.24, 2.45) is 11.7 Å². The van der Waals surface area contributed by atoms with E-state index in [1.54, 1.807) is 0 Å². The third-order valence-electron chi connectivity index (χ3n) is 4.71. The standard InChI is InChI=1S/C16H23ClN2O/c1-19(2)16(9-7-13(8-10-16)15(18)20)11-12-3-5-14(17)6-4-12/h3-6,13H,7-11H2,1-2H3,(H2,18,20). The number of hydrogen-bond donors (Lipinski definition) is 1. The summed E-state index contributed by atoms with van der Waals surface area (Å²) in [4.78, 5) is 13.6. The molecule has 1 amide bonds. The Morgan fingerprint density at radius 2 is 1.85 bits per heavy atom. The van der Waals surface area contributed by atoms with E-state index in [1.165, 1.54) is 5.56 Å². The summed E-state index contributed by atoms with van der Waals surface area (Å²) in [5, 5.41) is 0.769. The lowest BCUT2D eigenvalue weighted by Gasteiger charge is -2.45. The summed E-state index contributed by atoms with van der Waals surface area (Å²) in [6.45, 7) is 0. The monoisotopic (exact) mass is 294 g/mol. The van der Waals surface area contributed by atoms with Gasteiger partial charge in [0, 0.05) is 16.5 Å². The van der Waals surface area contributed by atoms with Crippen molar-refractivity contribution in [1.82, 2.24) is 4.90 Å². The second kappa shape index (κ2) is 6.15. The van der Waals surface area contributed by atoms with E-state index in [1.807, 2.05) is 12.1 Å². The predicted octanol–water partition coefficient (Wildman–Crippen LogP) is 2.86. The average Bonchev–Trinajstić information content (AvgIpc) is 2.42. The number of hydrogen-bond acceptors (Lipinski definition) is 2. The molecular formula is C16H23ClN2O. The van der Waals surface area contributed by atoms with E-state index in [0.717, 1.165) is 37.1 Å². The van der Waals surface area contributed by atoms with Gasteiger partial charge in [0.1, 0.15) is 0 Å². The van der Waals surface area contributed by atoms with Crippen molar-refractivity contribution < 1.29 is 4.79 Å². The zero-order valence-electron chi connectivity index (χ0n) is 12.2. The van der Waals surface area contributed by atoms with Gasteiger partial charge >= 0.3 is 0 Å². The highest BCUT2D eigenvalue weighted by atomic mass is 35.5. The fourth-order valence-corrected chi connectivity index (χ4v) is 3.33. The third-order valence-corrected chi connectivity index (χ3v) is 4.97. The number of carbonyl (C=O) groups excluding carboxylic acids is 1. The molecule has 3 nitrogen and oxygen atoms in total. The molecule has 2 rings (SSSR count). The van der Waals surface area contributed by atoms with Crippen molar-refractivity contribution in [1.29, 1.82) is 0 Å². The predicted molar refractivity (Wildman–Crippen MR) is 82.7 cm³/mol. The normalized spacial score (nSPS) is 26.7. The van der Waals surface area contributed by atoms with E-state index < -0.39 is 0 Å². The van der Waals surface area contributed by atoms with Crippen LogP contribution in [0.25, 0.3) is 0 Å². The summed E-state index contributed by atoms with van der Waals surface area (Å²) < 4.78 is 0. The van der Waals surface area contributed by atoms with Crippen LogP contribution in [0.3, 0.4) is 0 Å². The van der Waals surface area contributed by atoms with Crippen molar-refractivity contribution in [2.75, 3.05) is 14.1 Å². The molecule has 1 aliphatic rings. The molecule has 0 spiro atoms. The quantitative estimate of drug-likeness (QED) is 0.928. The second-order valence-electron chi connectivity index (χ2n) is 6.10. The minimum atomic E-state index is -0.149. The molecule has 4 heteroatoms. The van der Waals surface area contributed by atoms with Gasteiger partial charge in [0.05, 0.1) is 0 Å². The van der Waals surface area contributed by atoms with Gasteiger partial charge in [0.2, 0.25) is 5.91 Å². The highest BCUT2D eigenvalue weighted by Crippen LogP contribution is 2.37. The zero-order chi connectivity index (χ0) is 14.8. The van der Waals surface area contributed by atoms with Gasteiger partial charge in [-0.15, -0.1) is 0 Å². The minimum absolute atomic E-state index is 0.0493. The highest BCUT2D eigenvalue weighted by molar-refractivity contribution is 6.30. The molecule has 1 aliphatic carbocycles. The smallest absolute Gasteiger partial charge is 0.220 e. The van der Waals surface area contributed by atoms with Crippen molar-refractivity contribution >= 4 is 17.5 Å². The minimum Gasteiger partial charge on any atom is -0.369 e. The summed E-state index contributed by atoms with van der Waals surface area (Å²) in [5.41, 5.74) is 6.85. The topological polar surface area (TPSA) is 46.3 Å². The zero-order valence-corrected chi connectivity index (χ0v) is 13.0. The van der Waals surface area contributed by atoms with Gasteiger partial charge < -0.3 is 10.6 Å². The lowest BCUT2D eigenvalue weighted by Crippen LogP contribution is -2.49. The Hall–Kier alpha value is -1.06. The van der Waals surface area contributed by atoms with Crippen molar-refractivity contribution in [3.8, 4) is 0 Å². The molecule has 2 N–H and O–H groups in total. The number of benzene rings is 1. The van der Waals surface area contributed by atoms with E-state index >= 15 is 0 Å². The Labute approximate surface area is 126 Å². The molecular weight excluding hydrogens is 272 g/mol. The van der Waals surface area contributed by atoms with Crippen LogP contribution in [0.4, 0.5) is 0 Å². The summed E-state index contributed by atoms with van der Waals surface area (Å²) in [6.07, 6.45) is 4.79. The van der Waals surface area contributed by atoms with Crippen LogP contribution < -0.4 is 5.73 Å². The largest absolute Gasteiger partial charge is 0.369 e. The van der Waals surface area contributed by atoms with Crippen molar-refractivity contribution in [3.05, 3.63) is 34.9 Å². The number of likely N-dealkylation sites (N-methyl/N-ethyl adjacent to an activating group) is 1. The van der Waals surface area contributed by atoms with Crippen LogP contribution in [-0.2, 0) is 11.2 Å². The van der Waals surface area contributed by atoms with E-state index in [4.69, 9.17) is 17.3 Å². The number of nitrogens with two attached hydrogens (primary N) is 1. The number of amides is 1. The molecule has 0 aliphatic heterocycles. The Morgan fingerprint density at radius 3 is 2.30 bits per heavy atom. The third kappa shape index (κ3) is 3.33. The summed E-state index contributed by atoms with van der Waals surface area (Å²) in [7, 11) is 4.25. The van der Waals surface area contributed by atoms with Crippen molar-refractivity contribution in [3.63, 3.8) is 0 Å². The Morgan fingerprint density at radius 1 is 1.30 bits per heavy atom. The van der Waals surface area contributed by atoms with Crippen LogP contribution in [0, 0.1) is 5.92 Å². The molecule has 0 radical (unpaired) electrons. The fourth-order valence-electron chi connectivity index (χ4n) is 3.20. The SMILES string of the molecule is CN(C)C1(Cc2ccc(Cl)cc2)CCC(C(N)=O)CC1. The number of carbonyl (C=O) groups is 1. The molecule has 1 aromatic carbocycles. The molecule has 20 heavy (non-hydrogen) atoms. The van der Waals surface area contributed by atoms with Crippen molar-refractivity contribution in [2.45, 2.75) is 37.6 Å². The number of rotatable bonds is 4. The van der Waals surface area contributed by atoms with Gasteiger partial charge in [0.15, 0.2) is 0 Å². The molecule has 0 saturated heterocycles. The summed E-state index contributed by atoms with van der Waals surface area (Å²) in [5.74, 6) is -0.0999. The van der Waals surface area contributed by atoms with E-state index in [2.05, 4.69) is 31.1 Å². The fraction of sp³-hybridized carbons (Fsp3) is 0.562. The van der Waals surface area contributed by atoms with Crippen LogP contribution in [0.1, 0.15) is 31.2 Å². The Kier molecular flexibility index (Phi) is 4.71. The molecule has 1 saturated carbocycles. The van der Waals surface area contributed by atoms with Gasteiger partial charge in [-0.25, -0.2) is 0 Å². The van der Waals surface area contributed by atoms with E-state index in [0.29, 0.717) is 0 Å². The molecule has 0 bridgehead atoms. The molecule has 0 atom stereocenters. The number of primary amides is 1. The van der Waals surface area contributed by atoms with Crippen LogP contribution in [0.5, 0.6) is 0 Å². The first-order valence-corrected chi connectivity index (χ1v) is 7.52. The van der Waals surface area contributed by atoms with Crippen LogP contribution >= 0.6 is 11.6 Å². The molecule has 0 unspecified atom stereocenters. The molecule has 0 aromatic heterocycles. The van der Waals surface area contributed by atoms with E-state index in [9.17, 15) is 4.79 Å². The number of nitrogens with zero attached hydrogens (tertiary/aromatic N) is 1. The van der Waals surface area contributed by atoms with Gasteiger partial charge in [-0.3, -0.25) is 4.79 Å². The Bertz CT molecular complexity index is 462. The van der Waals surface area contributed by atoms with Gasteiger partial charge in [-0.05, 0) is 63.9 Å². The molecule has 0 heterocycles. The number of halogens is 1. The first-order valence-electron chi connectivity index (χ1n) is 7.14. The molecule has 1 fully saturated rings. The van der Waals surface area contributed by atoms with Gasteiger partial charge in [0.25, 0.3) is 0 Å². The molecule has 110 valence electrons. The lowest BCUT2D eigenvalue weighted by atomic mass is 9.72. The summed E-state index contributed by atoms with van der Waals surface area (Å²) >= 11 is 5.94. The summed E-state index contributed by atoms with van der Waals surface area (Å²) in [6, 6.07) is 8.06. The van der Waals surface area contributed by atoms with Gasteiger partial charge in [-0.2, -0.15) is 0 Å². The average molecular weight is 295 g/mol. The van der Waals surface area contributed by atoms with Crippen LogP contribution in [0.15, 0.2) is 24.3 Å². The molecule has 1 aromatic rings. The second-order valence-corrected chi connectivity index (χ2v) is 6.54.